The van der Waals surface area contributed by atoms with E-state index in [4.69, 9.17) is 0 Å². The minimum atomic E-state index is -0.421. The minimum absolute atomic E-state index is 0.421. The highest BCUT2D eigenvalue weighted by Crippen LogP contribution is 2.16. The van der Waals surface area contributed by atoms with Gasteiger partial charge in [-0.05, 0) is 13.3 Å². The Labute approximate surface area is 77.3 Å². The molecule has 1 nitrogen and oxygen atoms in total. The highest BCUT2D eigenvalue weighted by Gasteiger charge is 2.16. The van der Waals surface area contributed by atoms with Crippen LogP contribution in [0.3, 0.4) is 0 Å². The maximum absolute atomic E-state index is 9.54. The Bertz CT molecular complexity index is 81.3. The molecule has 0 aliphatic carbocycles. The van der Waals surface area contributed by atoms with E-state index in [1.165, 1.54) is 12.8 Å². The van der Waals surface area contributed by atoms with Crippen LogP contribution in [0.25, 0.3) is 0 Å². The maximum Gasteiger partial charge on any atom is 0.0708 e. The summed E-state index contributed by atoms with van der Waals surface area (Å²) >= 11 is 2.23. The Balaban J connectivity index is 3.28. The van der Waals surface area contributed by atoms with Crippen LogP contribution in [0.4, 0.5) is 0 Å². The van der Waals surface area contributed by atoms with Crippen molar-refractivity contribution in [2.45, 2.75) is 45.1 Å². The van der Waals surface area contributed by atoms with Crippen molar-refractivity contribution < 1.29 is 5.11 Å². The van der Waals surface area contributed by atoms with E-state index in [1.807, 2.05) is 6.92 Å². The molecular formula is C8H17IO. The second kappa shape index (κ2) is 5.35. The fourth-order valence-corrected chi connectivity index (χ4v) is 1.20. The smallest absolute Gasteiger partial charge is 0.0708 e. The lowest BCUT2D eigenvalue weighted by Crippen LogP contribution is -2.25. The van der Waals surface area contributed by atoms with Crippen LogP contribution < -0.4 is 0 Å². The van der Waals surface area contributed by atoms with Gasteiger partial charge >= 0.3 is 0 Å². The van der Waals surface area contributed by atoms with Crippen molar-refractivity contribution in [2.75, 3.05) is 4.43 Å². The van der Waals surface area contributed by atoms with E-state index in [1.54, 1.807) is 0 Å². The fraction of sp³-hybridized carbons (Fsp3) is 1.00. The highest BCUT2D eigenvalue weighted by molar-refractivity contribution is 14.1. The van der Waals surface area contributed by atoms with Crippen LogP contribution >= 0.6 is 22.6 Å². The molecule has 0 rings (SSSR count). The Hall–Kier alpha value is 0.690. The summed E-state index contributed by atoms with van der Waals surface area (Å²) in [5.41, 5.74) is -0.421. The molecule has 1 atom stereocenters. The van der Waals surface area contributed by atoms with Crippen LogP contribution in [0.5, 0.6) is 0 Å². The topological polar surface area (TPSA) is 20.2 Å². The van der Waals surface area contributed by atoms with Gasteiger partial charge in [-0.3, -0.25) is 0 Å². The molecule has 10 heavy (non-hydrogen) atoms. The molecule has 0 unspecified atom stereocenters. The number of rotatable bonds is 5. The molecule has 0 radical (unpaired) electrons. The summed E-state index contributed by atoms with van der Waals surface area (Å²) < 4.78 is 0.842. The van der Waals surface area contributed by atoms with Gasteiger partial charge in [0.05, 0.1) is 5.60 Å². The quantitative estimate of drug-likeness (QED) is 0.455. The van der Waals surface area contributed by atoms with Crippen molar-refractivity contribution in [3.63, 3.8) is 0 Å². The average Bonchev–Trinajstić information content (AvgIpc) is 1.89. The zero-order valence-corrected chi connectivity index (χ0v) is 9.02. The molecule has 0 saturated heterocycles. The van der Waals surface area contributed by atoms with Gasteiger partial charge in [-0.1, -0.05) is 48.8 Å². The number of halogens is 1. The van der Waals surface area contributed by atoms with E-state index in [0.717, 1.165) is 17.3 Å². The zero-order valence-electron chi connectivity index (χ0n) is 6.86. The Morgan fingerprint density at radius 3 is 2.40 bits per heavy atom. The molecule has 0 aromatic rings. The van der Waals surface area contributed by atoms with Gasteiger partial charge in [0, 0.05) is 4.43 Å². The van der Waals surface area contributed by atoms with Crippen LogP contribution in [0.1, 0.15) is 39.5 Å². The summed E-state index contributed by atoms with van der Waals surface area (Å²) in [5, 5.41) is 9.54. The third-order valence-electron chi connectivity index (χ3n) is 1.61. The van der Waals surface area contributed by atoms with Crippen molar-refractivity contribution >= 4 is 22.6 Å². The average molecular weight is 256 g/mol. The standard InChI is InChI=1S/C8H17IO/c1-3-4-5-6-8(2,10)7-9/h10H,3-7H2,1-2H3/t8-/m1/s1. The molecule has 0 spiro atoms. The SMILES string of the molecule is CCCCC[C@@](C)(O)CI. The van der Waals surface area contributed by atoms with Gasteiger partial charge in [0.15, 0.2) is 0 Å². The van der Waals surface area contributed by atoms with E-state index in [2.05, 4.69) is 29.5 Å². The molecule has 0 heterocycles. The summed E-state index contributed by atoms with van der Waals surface area (Å²) in [6, 6.07) is 0. The molecule has 2 heteroatoms. The Morgan fingerprint density at radius 1 is 1.40 bits per heavy atom. The number of unbranched alkanes of at least 4 members (excludes halogenated alkanes) is 2. The van der Waals surface area contributed by atoms with Gasteiger partial charge in [0.1, 0.15) is 0 Å². The molecular weight excluding hydrogens is 239 g/mol. The Kier molecular flexibility index (Phi) is 5.72. The van der Waals surface area contributed by atoms with Gasteiger partial charge in [-0.2, -0.15) is 0 Å². The molecule has 0 fully saturated rings. The third kappa shape index (κ3) is 5.47. The first-order valence-electron chi connectivity index (χ1n) is 3.91. The van der Waals surface area contributed by atoms with Crippen molar-refractivity contribution in [1.29, 1.82) is 0 Å². The molecule has 0 saturated carbocycles. The van der Waals surface area contributed by atoms with Crippen LogP contribution in [0.15, 0.2) is 0 Å². The second-order valence-corrected chi connectivity index (χ2v) is 3.85. The lowest BCUT2D eigenvalue weighted by Gasteiger charge is -2.19. The van der Waals surface area contributed by atoms with Crippen molar-refractivity contribution in [2.24, 2.45) is 0 Å². The van der Waals surface area contributed by atoms with Gasteiger partial charge in [0.2, 0.25) is 0 Å². The molecule has 62 valence electrons. The number of hydrogen-bond acceptors (Lipinski definition) is 1. The largest absolute Gasteiger partial charge is 0.389 e. The van der Waals surface area contributed by atoms with E-state index in [9.17, 15) is 5.11 Å². The number of aliphatic hydroxyl groups is 1. The number of alkyl halides is 1. The molecule has 0 aromatic heterocycles. The predicted molar refractivity (Wildman–Crippen MR) is 53.7 cm³/mol. The van der Waals surface area contributed by atoms with Crippen molar-refractivity contribution in [3.8, 4) is 0 Å². The Morgan fingerprint density at radius 2 is 2.00 bits per heavy atom. The summed E-state index contributed by atoms with van der Waals surface area (Å²) in [5.74, 6) is 0. The van der Waals surface area contributed by atoms with E-state index < -0.39 is 5.60 Å². The van der Waals surface area contributed by atoms with Crippen molar-refractivity contribution in [3.05, 3.63) is 0 Å². The summed E-state index contributed by atoms with van der Waals surface area (Å²) in [6.07, 6.45) is 4.58. The predicted octanol–water partition coefficient (Wildman–Crippen LogP) is 2.75. The lowest BCUT2D eigenvalue weighted by atomic mass is 10.0. The molecule has 0 aromatic carbocycles. The van der Waals surface area contributed by atoms with E-state index in [0.29, 0.717) is 0 Å². The molecule has 0 aliphatic heterocycles. The van der Waals surface area contributed by atoms with Crippen LogP contribution in [0.2, 0.25) is 0 Å². The zero-order chi connectivity index (χ0) is 8.04. The van der Waals surface area contributed by atoms with Crippen molar-refractivity contribution in [1.82, 2.24) is 0 Å². The monoisotopic (exact) mass is 256 g/mol. The summed E-state index contributed by atoms with van der Waals surface area (Å²) in [7, 11) is 0. The molecule has 0 aliphatic rings. The first kappa shape index (κ1) is 10.7. The van der Waals surface area contributed by atoms with Gasteiger partial charge in [0.25, 0.3) is 0 Å². The highest BCUT2D eigenvalue weighted by atomic mass is 127. The van der Waals surface area contributed by atoms with Crippen LogP contribution in [0, 0.1) is 0 Å². The van der Waals surface area contributed by atoms with Gasteiger partial charge in [-0.25, -0.2) is 0 Å². The van der Waals surface area contributed by atoms with E-state index in [-0.39, 0.29) is 0 Å². The summed E-state index contributed by atoms with van der Waals surface area (Å²) in [4.78, 5) is 0. The maximum atomic E-state index is 9.54. The van der Waals surface area contributed by atoms with Gasteiger partial charge < -0.3 is 5.11 Å². The molecule has 0 bridgehead atoms. The third-order valence-corrected chi connectivity index (χ3v) is 3.25. The van der Waals surface area contributed by atoms with Crippen LogP contribution in [-0.4, -0.2) is 15.1 Å². The van der Waals surface area contributed by atoms with Gasteiger partial charge in [-0.15, -0.1) is 0 Å². The normalized spacial score (nSPS) is 16.8. The molecule has 0 amide bonds. The van der Waals surface area contributed by atoms with E-state index >= 15 is 0 Å². The number of hydrogen-bond donors (Lipinski definition) is 1. The summed E-state index contributed by atoms with van der Waals surface area (Å²) in [6.45, 7) is 4.09. The lowest BCUT2D eigenvalue weighted by molar-refractivity contribution is 0.0762. The van der Waals surface area contributed by atoms with Crippen LogP contribution in [-0.2, 0) is 0 Å². The second-order valence-electron chi connectivity index (χ2n) is 3.09. The first-order valence-corrected chi connectivity index (χ1v) is 5.43. The minimum Gasteiger partial charge on any atom is -0.389 e. The fourth-order valence-electron chi connectivity index (χ4n) is 0.823. The first-order chi connectivity index (χ1) is 4.62. The molecule has 1 N–H and O–H groups in total.